The van der Waals surface area contributed by atoms with Crippen LogP contribution in [0.4, 0.5) is 13.2 Å². The lowest BCUT2D eigenvalue weighted by Crippen LogP contribution is -2.07. The fraction of sp³-hybridized carbons (Fsp3) is 0.167. The summed E-state index contributed by atoms with van der Waals surface area (Å²) < 4.78 is 44.5. The van der Waals surface area contributed by atoms with Crippen LogP contribution in [0.1, 0.15) is 15.9 Å². The molecule has 2 aromatic rings. The summed E-state index contributed by atoms with van der Waals surface area (Å²) in [4.78, 5) is 11.0. The first-order chi connectivity index (χ1) is 9.29. The second-order valence-electron chi connectivity index (χ2n) is 3.92. The molecule has 0 bridgehead atoms. The van der Waals surface area contributed by atoms with Crippen molar-refractivity contribution in [1.82, 2.24) is 9.78 Å². The number of para-hydroxylation sites is 1. The largest absolute Gasteiger partial charge is 0.477 e. The number of nitrogens with zero attached hydrogens (tertiary/aromatic N) is 2. The Morgan fingerprint density at radius 3 is 2.60 bits per heavy atom. The van der Waals surface area contributed by atoms with Gasteiger partial charge in [-0.15, -0.1) is 5.10 Å². The first-order valence-electron chi connectivity index (χ1n) is 5.40. The molecule has 1 aromatic heterocycles. The van der Waals surface area contributed by atoms with Gasteiger partial charge in [0.15, 0.2) is 0 Å². The van der Waals surface area contributed by atoms with Crippen molar-refractivity contribution in [3.63, 3.8) is 0 Å². The molecule has 0 fully saturated rings. The summed E-state index contributed by atoms with van der Waals surface area (Å²) in [5.74, 6) is -2.23. The molecule has 0 atom stereocenters. The van der Waals surface area contributed by atoms with Gasteiger partial charge in [-0.25, -0.2) is 4.79 Å². The molecule has 0 aliphatic heterocycles. The molecule has 1 heterocycles. The highest BCUT2D eigenvalue weighted by Gasteiger charge is 2.34. The molecule has 1 aromatic carbocycles. The highest BCUT2D eigenvalue weighted by atomic mass is 19.4. The SMILES string of the molecule is Cn1cc(C(=O)O)c(Oc2ccccc2C(F)(F)F)n1. The molecule has 0 saturated heterocycles. The van der Waals surface area contributed by atoms with Crippen molar-refractivity contribution >= 4 is 5.97 Å². The van der Waals surface area contributed by atoms with Crippen molar-refractivity contribution in [1.29, 1.82) is 0 Å². The summed E-state index contributed by atoms with van der Waals surface area (Å²) in [7, 11) is 1.44. The predicted octanol–water partition coefficient (Wildman–Crippen LogP) is 2.93. The Hall–Kier alpha value is -2.51. The van der Waals surface area contributed by atoms with Crippen LogP contribution in [0.5, 0.6) is 11.6 Å². The van der Waals surface area contributed by atoms with Crippen LogP contribution >= 0.6 is 0 Å². The molecule has 0 amide bonds. The number of hydrogen-bond donors (Lipinski definition) is 1. The third-order valence-corrected chi connectivity index (χ3v) is 2.42. The van der Waals surface area contributed by atoms with Crippen molar-refractivity contribution in [3.8, 4) is 11.6 Å². The van der Waals surface area contributed by atoms with Gasteiger partial charge in [0.05, 0.1) is 5.56 Å². The number of aromatic carboxylic acids is 1. The second-order valence-corrected chi connectivity index (χ2v) is 3.92. The van der Waals surface area contributed by atoms with E-state index in [9.17, 15) is 18.0 Å². The lowest BCUT2D eigenvalue weighted by atomic mass is 10.2. The Morgan fingerprint density at radius 1 is 1.35 bits per heavy atom. The van der Waals surface area contributed by atoms with Crippen LogP contribution in [-0.2, 0) is 13.2 Å². The number of halogens is 3. The van der Waals surface area contributed by atoms with Crippen LogP contribution in [0.2, 0.25) is 0 Å². The number of carboxylic acids is 1. The van der Waals surface area contributed by atoms with Gasteiger partial charge in [0.2, 0.25) is 0 Å². The van der Waals surface area contributed by atoms with Crippen molar-refractivity contribution < 1.29 is 27.8 Å². The maximum atomic E-state index is 12.8. The van der Waals surface area contributed by atoms with E-state index in [1.807, 2.05) is 0 Å². The highest BCUT2D eigenvalue weighted by Crippen LogP contribution is 2.38. The van der Waals surface area contributed by atoms with Crippen molar-refractivity contribution in [2.75, 3.05) is 0 Å². The first kappa shape index (κ1) is 13.9. The summed E-state index contributed by atoms with van der Waals surface area (Å²) >= 11 is 0. The molecule has 0 saturated carbocycles. The number of ether oxygens (including phenoxy) is 1. The summed E-state index contributed by atoms with van der Waals surface area (Å²) in [5, 5.41) is 12.6. The van der Waals surface area contributed by atoms with Crippen LogP contribution in [0.25, 0.3) is 0 Å². The third kappa shape index (κ3) is 2.73. The van der Waals surface area contributed by atoms with Gasteiger partial charge in [-0.05, 0) is 12.1 Å². The van der Waals surface area contributed by atoms with E-state index in [4.69, 9.17) is 9.84 Å². The molecule has 0 unspecified atom stereocenters. The Labute approximate surface area is 111 Å². The molecule has 0 radical (unpaired) electrons. The maximum Gasteiger partial charge on any atom is 0.419 e. The van der Waals surface area contributed by atoms with E-state index < -0.39 is 29.3 Å². The minimum Gasteiger partial charge on any atom is -0.477 e. The summed E-state index contributed by atoms with van der Waals surface area (Å²) in [5.41, 5.74) is -1.31. The molecular formula is C12H9F3N2O3. The van der Waals surface area contributed by atoms with Crippen LogP contribution in [0, 0.1) is 0 Å². The monoisotopic (exact) mass is 286 g/mol. The van der Waals surface area contributed by atoms with Gasteiger partial charge in [0.25, 0.3) is 5.88 Å². The van der Waals surface area contributed by atoms with E-state index >= 15 is 0 Å². The standard InChI is InChI=1S/C12H9F3N2O3/c1-17-6-7(11(18)19)10(16-17)20-9-5-3-2-4-8(9)12(13,14)15/h2-6H,1H3,(H,18,19). The van der Waals surface area contributed by atoms with Crippen LogP contribution in [0.3, 0.4) is 0 Å². The van der Waals surface area contributed by atoms with E-state index in [1.54, 1.807) is 0 Å². The lowest BCUT2D eigenvalue weighted by Gasteiger charge is -2.12. The van der Waals surface area contributed by atoms with Gasteiger partial charge in [-0.2, -0.15) is 13.2 Å². The Kier molecular flexibility index (Phi) is 3.39. The maximum absolute atomic E-state index is 12.8. The highest BCUT2D eigenvalue weighted by molar-refractivity contribution is 5.90. The van der Waals surface area contributed by atoms with Gasteiger partial charge in [-0.1, -0.05) is 12.1 Å². The summed E-state index contributed by atoms with van der Waals surface area (Å²) in [6, 6.07) is 4.52. The van der Waals surface area contributed by atoms with E-state index in [0.29, 0.717) is 0 Å². The lowest BCUT2D eigenvalue weighted by molar-refractivity contribution is -0.138. The van der Waals surface area contributed by atoms with Crippen molar-refractivity contribution in [3.05, 3.63) is 41.6 Å². The minimum atomic E-state index is -4.60. The van der Waals surface area contributed by atoms with Gasteiger partial charge >= 0.3 is 12.1 Å². The zero-order valence-corrected chi connectivity index (χ0v) is 10.2. The molecular weight excluding hydrogens is 277 g/mol. The van der Waals surface area contributed by atoms with Crippen molar-refractivity contribution in [2.45, 2.75) is 6.18 Å². The topological polar surface area (TPSA) is 64.4 Å². The van der Waals surface area contributed by atoms with Crippen molar-refractivity contribution in [2.24, 2.45) is 7.05 Å². The molecule has 0 aliphatic rings. The summed E-state index contributed by atoms with van der Waals surface area (Å²) in [6.07, 6.45) is -3.46. The predicted molar refractivity (Wildman–Crippen MR) is 61.7 cm³/mol. The number of alkyl halides is 3. The third-order valence-electron chi connectivity index (χ3n) is 2.42. The van der Waals surface area contributed by atoms with E-state index in [0.717, 1.165) is 23.0 Å². The zero-order chi connectivity index (χ0) is 14.9. The molecule has 2 rings (SSSR count). The number of carboxylic acid groups (broad SMARTS) is 1. The van der Waals surface area contributed by atoms with E-state index in [2.05, 4.69) is 5.10 Å². The molecule has 5 nitrogen and oxygen atoms in total. The van der Waals surface area contributed by atoms with Gasteiger partial charge in [0.1, 0.15) is 11.3 Å². The summed E-state index contributed by atoms with van der Waals surface area (Å²) in [6.45, 7) is 0. The Morgan fingerprint density at radius 2 is 2.00 bits per heavy atom. The number of carbonyl (C=O) groups is 1. The smallest absolute Gasteiger partial charge is 0.419 e. The molecule has 20 heavy (non-hydrogen) atoms. The zero-order valence-electron chi connectivity index (χ0n) is 10.2. The number of rotatable bonds is 3. The molecule has 8 heteroatoms. The second kappa shape index (κ2) is 4.87. The van der Waals surface area contributed by atoms with Gasteiger partial charge in [-0.3, -0.25) is 4.68 Å². The molecule has 0 aliphatic carbocycles. The fourth-order valence-electron chi connectivity index (χ4n) is 1.58. The number of aryl methyl sites for hydroxylation is 1. The average Bonchev–Trinajstić information content (AvgIpc) is 2.70. The fourth-order valence-corrected chi connectivity index (χ4v) is 1.58. The number of benzene rings is 1. The Balaban J connectivity index is 2.43. The number of aromatic nitrogens is 2. The molecule has 106 valence electrons. The van der Waals surface area contributed by atoms with E-state index in [1.165, 1.54) is 19.2 Å². The number of hydrogen-bond acceptors (Lipinski definition) is 3. The van der Waals surface area contributed by atoms with Crippen LogP contribution in [0.15, 0.2) is 30.5 Å². The van der Waals surface area contributed by atoms with Crippen LogP contribution < -0.4 is 4.74 Å². The molecule has 0 spiro atoms. The van der Waals surface area contributed by atoms with Gasteiger partial charge in [0, 0.05) is 13.2 Å². The first-order valence-corrected chi connectivity index (χ1v) is 5.40. The normalized spacial score (nSPS) is 11.4. The van der Waals surface area contributed by atoms with Gasteiger partial charge < -0.3 is 9.84 Å². The average molecular weight is 286 g/mol. The van der Waals surface area contributed by atoms with Crippen LogP contribution in [-0.4, -0.2) is 20.9 Å². The Bertz CT molecular complexity index is 650. The van der Waals surface area contributed by atoms with E-state index in [-0.39, 0.29) is 5.56 Å². The molecule has 1 N–H and O–H groups in total. The quantitative estimate of drug-likeness (QED) is 0.942. The minimum absolute atomic E-state index is 0.315.